The summed E-state index contributed by atoms with van der Waals surface area (Å²) in [5.74, 6) is -0.0739. The smallest absolute Gasteiger partial charge is 0.253 e. The van der Waals surface area contributed by atoms with E-state index in [1.165, 1.54) is 12.8 Å². The normalized spacial score (nSPS) is 17.4. The van der Waals surface area contributed by atoms with Crippen molar-refractivity contribution in [2.45, 2.75) is 39.5 Å². The summed E-state index contributed by atoms with van der Waals surface area (Å²) >= 11 is 0. The van der Waals surface area contributed by atoms with Gasteiger partial charge in [0.1, 0.15) is 0 Å². The third-order valence-corrected chi connectivity index (χ3v) is 4.07. The highest BCUT2D eigenvalue weighted by Crippen LogP contribution is 2.36. The number of hydrogen-bond acceptors (Lipinski definition) is 4. The topological polar surface area (TPSA) is 80.9 Å². The molecule has 0 radical (unpaired) electrons. The molecule has 0 spiro atoms. The second-order valence-electron chi connectivity index (χ2n) is 5.58. The lowest BCUT2D eigenvalue weighted by molar-refractivity contribution is 0.0930. The molecule has 0 saturated heterocycles. The number of aromatic nitrogens is 2. The third-order valence-electron chi connectivity index (χ3n) is 4.07. The molecule has 104 valence electrons. The van der Waals surface area contributed by atoms with Crippen LogP contribution >= 0.6 is 0 Å². The van der Waals surface area contributed by atoms with E-state index in [0.717, 1.165) is 18.5 Å². The van der Waals surface area contributed by atoms with Crippen LogP contribution in [0, 0.1) is 19.3 Å². The first-order valence-corrected chi connectivity index (χ1v) is 6.85. The van der Waals surface area contributed by atoms with E-state index < -0.39 is 0 Å². The summed E-state index contributed by atoms with van der Waals surface area (Å²) in [6, 6.07) is 1.78. The highest BCUT2D eigenvalue weighted by atomic mass is 16.1. The van der Waals surface area contributed by atoms with Gasteiger partial charge in [-0.3, -0.25) is 4.79 Å². The van der Waals surface area contributed by atoms with Gasteiger partial charge in [0.05, 0.1) is 17.0 Å². The van der Waals surface area contributed by atoms with Gasteiger partial charge in [-0.1, -0.05) is 12.8 Å². The van der Waals surface area contributed by atoms with Crippen molar-refractivity contribution >= 4 is 5.91 Å². The van der Waals surface area contributed by atoms with Crippen LogP contribution in [-0.4, -0.2) is 29.2 Å². The molecule has 0 bridgehead atoms. The number of amides is 1. The summed E-state index contributed by atoms with van der Waals surface area (Å²) in [4.78, 5) is 12.2. The summed E-state index contributed by atoms with van der Waals surface area (Å²) in [6.45, 7) is 4.93. The number of nitrogens with one attached hydrogen (secondary N) is 1. The van der Waals surface area contributed by atoms with Gasteiger partial charge in [-0.15, -0.1) is 0 Å². The van der Waals surface area contributed by atoms with Crippen LogP contribution in [0.25, 0.3) is 0 Å². The lowest BCUT2D eigenvalue weighted by Crippen LogP contribution is -2.41. The molecule has 1 heterocycles. The Kier molecular flexibility index (Phi) is 4.14. The van der Waals surface area contributed by atoms with Crippen molar-refractivity contribution in [1.29, 1.82) is 0 Å². The molecular weight excluding hydrogens is 240 g/mol. The Hall–Kier alpha value is -1.49. The van der Waals surface area contributed by atoms with Gasteiger partial charge in [0, 0.05) is 6.54 Å². The monoisotopic (exact) mass is 262 g/mol. The highest BCUT2D eigenvalue weighted by Gasteiger charge is 2.32. The fraction of sp³-hybridized carbons (Fsp3) is 0.643. The number of carbonyl (C=O) groups excluding carboxylic acids is 1. The SMILES string of the molecule is Cc1cc(C(=O)NCC2(CN)CCCC2)c(C)nn1. The van der Waals surface area contributed by atoms with E-state index in [9.17, 15) is 4.79 Å². The number of hydrogen-bond donors (Lipinski definition) is 2. The van der Waals surface area contributed by atoms with Gasteiger partial charge in [-0.25, -0.2) is 0 Å². The van der Waals surface area contributed by atoms with Crippen LogP contribution in [0.3, 0.4) is 0 Å². The number of nitrogens with two attached hydrogens (primary N) is 1. The Morgan fingerprint density at radius 3 is 2.68 bits per heavy atom. The fourth-order valence-electron chi connectivity index (χ4n) is 2.72. The van der Waals surface area contributed by atoms with E-state index in [1.807, 2.05) is 6.92 Å². The lowest BCUT2D eigenvalue weighted by Gasteiger charge is -2.27. The lowest BCUT2D eigenvalue weighted by atomic mass is 9.86. The summed E-state index contributed by atoms with van der Waals surface area (Å²) in [5.41, 5.74) is 8.00. The van der Waals surface area contributed by atoms with Crippen LogP contribution < -0.4 is 11.1 Å². The number of nitrogens with zero attached hydrogens (tertiary/aromatic N) is 2. The summed E-state index contributed by atoms with van der Waals surface area (Å²) < 4.78 is 0. The Morgan fingerprint density at radius 2 is 2.05 bits per heavy atom. The van der Waals surface area contributed by atoms with Crippen LogP contribution in [0.1, 0.15) is 47.4 Å². The molecule has 0 aliphatic heterocycles. The van der Waals surface area contributed by atoms with Crippen LogP contribution in [0.4, 0.5) is 0 Å². The van der Waals surface area contributed by atoms with Crippen molar-refractivity contribution in [2.75, 3.05) is 13.1 Å². The minimum Gasteiger partial charge on any atom is -0.351 e. The first kappa shape index (κ1) is 13.9. The van der Waals surface area contributed by atoms with E-state index >= 15 is 0 Å². The second-order valence-corrected chi connectivity index (χ2v) is 5.58. The maximum absolute atomic E-state index is 12.2. The van der Waals surface area contributed by atoms with Crippen LogP contribution in [0.15, 0.2) is 6.07 Å². The Morgan fingerprint density at radius 1 is 1.37 bits per heavy atom. The first-order valence-electron chi connectivity index (χ1n) is 6.85. The maximum Gasteiger partial charge on any atom is 0.253 e. The highest BCUT2D eigenvalue weighted by molar-refractivity contribution is 5.95. The van der Waals surface area contributed by atoms with Crippen molar-refractivity contribution < 1.29 is 4.79 Å². The number of carbonyl (C=O) groups is 1. The van der Waals surface area contributed by atoms with Crippen molar-refractivity contribution in [1.82, 2.24) is 15.5 Å². The molecule has 1 aliphatic carbocycles. The number of rotatable bonds is 4. The third kappa shape index (κ3) is 3.10. The Labute approximate surface area is 114 Å². The molecule has 1 aromatic rings. The molecule has 2 rings (SSSR count). The van der Waals surface area contributed by atoms with Gasteiger partial charge >= 0.3 is 0 Å². The average molecular weight is 262 g/mol. The van der Waals surface area contributed by atoms with Crippen LogP contribution in [0.5, 0.6) is 0 Å². The zero-order valence-corrected chi connectivity index (χ0v) is 11.7. The molecule has 1 fully saturated rings. The zero-order valence-electron chi connectivity index (χ0n) is 11.7. The van der Waals surface area contributed by atoms with Crippen molar-refractivity contribution in [3.63, 3.8) is 0 Å². The zero-order chi connectivity index (χ0) is 13.9. The van der Waals surface area contributed by atoms with Crippen LogP contribution in [-0.2, 0) is 0 Å². The maximum atomic E-state index is 12.2. The van der Waals surface area contributed by atoms with Crippen LogP contribution in [0.2, 0.25) is 0 Å². The van der Waals surface area contributed by atoms with E-state index in [4.69, 9.17) is 5.73 Å². The van der Waals surface area contributed by atoms with Gasteiger partial charge < -0.3 is 11.1 Å². The van der Waals surface area contributed by atoms with E-state index in [-0.39, 0.29) is 11.3 Å². The van der Waals surface area contributed by atoms with Crippen molar-refractivity contribution in [3.8, 4) is 0 Å². The summed E-state index contributed by atoms with van der Waals surface area (Å²) in [6.07, 6.45) is 4.64. The van der Waals surface area contributed by atoms with Crippen molar-refractivity contribution in [2.24, 2.45) is 11.1 Å². The summed E-state index contributed by atoms with van der Waals surface area (Å²) in [5, 5.41) is 10.9. The first-order chi connectivity index (χ1) is 9.06. The fourth-order valence-corrected chi connectivity index (χ4v) is 2.72. The molecule has 5 heteroatoms. The van der Waals surface area contributed by atoms with Gasteiger partial charge in [0.2, 0.25) is 0 Å². The minimum absolute atomic E-state index is 0.0739. The second kappa shape index (κ2) is 5.65. The van der Waals surface area contributed by atoms with Gasteiger partial charge in [-0.2, -0.15) is 10.2 Å². The average Bonchev–Trinajstić information content (AvgIpc) is 2.88. The molecule has 0 atom stereocenters. The van der Waals surface area contributed by atoms with Gasteiger partial charge in [0.15, 0.2) is 0 Å². The molecule has 0 unspecified atom stereocenters. The minimum atomic E-state index is -0.0739. The number of aryl methyl sites for hydroxylation is 2. The molecule has 3 N–H and O–H groups in total. The molecule has 1 saturated carbocycles. The molecule has 5 nitrogen and oxygen atoms in total. The predicted octanol–water partition coefficient (Wildman–Crippen LogP) is 1.34. The molecule has 1 amide bonds. The standard InChI is InChI=1S/C14H22N4O/c1-10-7-12(11(2)18-17-10)13(19)16-9-14(8-15)5-3-4-6-14/h7H,3-6,8-9,15H2,1-2H3,(H,16,19). The molecule has 1 aliphatic rings. The Bertz CT molecular complexity index is 467. The molecule has 0 aromatic carbocycles. The Balaban J connectivity index is 2.03. The van der Waals surface area contributed by atoms with E-state index in [2.05, 4.69) is 15.5 Å². The predicted molar refractivity (Wildman–Crippen MR) is 73.8 cm³/mol. The van der Waals surface area contributed by atoms with E-state index in [0.29, 0.717) is 24.3 Å². The molecule has 19 heavy (non-hydrogen) atoms. The summed E-state index contributed by atoms with van der Waals surface area (Å²) in [7, 11) is 0. The van der Waals surface area contributed by atoms with Gasteiger partial charge in [-0.05, 0) is 44.7 Å². The molecular formula is C14H22N4O. The van der Waals surface area contributed by atoms with E-state index in [1.54, 1.807) is 13.0 Å². The molecule has 1 aromatic heterocycles. The van der Waals surface area contributed by atoms with Crippen molar-refractivity contribution in [3.05, 3.63) is 23.0 Å². The quantitative estimate of drug-likeness (QED) is 0.858. The largest absolute Gasteiger partial charge is 0.351 e. The van der Waals surface area contributed by atoms with Gasteiger partial charge in [0.25, 0.3) is 5.91 Å².